The monoisotopic (exact) mass is 473 g/mol. The average molecular weight is 474 g/mol. The van der Waals surface area contributed by atoms with Crippen LogP contribution in [0.3, 0.4) is 0 Å². The van der Waals surface area contributed by atoms with Gasteiger partial charge in [-0.05, 0) is 54.1 Å². The molecule has 1 unspecified atom stereocenters. The Morgan fingerprint density at radius 1 is 0.824 bits per heavy atom. The van der Waals surface area contributed by atoms with Crippen LogP contribution in [-0.2, 0) is 4.79 Å². The van der Waals surface area contributed by atoms with Crippen molar-refractivity contribution in [1.82, 2.24) is 0 Å². The van der Waals surface area contributed by atoms with Crippen molar-refractivity contribution in [2.24, 2.45) is 0 Å². The Bertz CT molecular complexity index is 1270. The van der Waals surface area contributed by atoms with Crippen LogP contribution in [0.4, 0.5) is 17.1 Å². The van der Waals surface area contributed by atoms with Crippen LogP contribution in [0, 0.1) is 10.1 Å². The second kappa shape index (κ2) is 10.5. The molecular weight excluding hydrogens is 454 g/mol. The summed E-state index contributed by atoms with van der Waals surface area (Å²) in [7, 11) is 0. The number of nitrogens with one attached hydrogen (secondary N) is 2. The van der Waals surface area contributed by atoms with Gasteiger partial charge in [0.15, 0.2) is 5.76 Å². The molecule has 0 spiro atoms. The van der Waals surface area contributed by atoms with Crippen LogP contribution in [0.25, 0.3) is 0 Å². The van der Waals surface area contributed by atoms with Gasteiger partial charge in [-0.15, -0.1) is 11.8 Å². The zero-order valence-electron chi connectivity index (χ0n) is 17.7. The van der Waals surface area contributed by atoms with Gasteiger partial charge in [0.05, 0.1) is 11.2 Å². The number of carbonyl (C=O) groups is 2. The first kappa shape index (κ1) is 22.8. The molecule has 0 fully saturated rings. The topological polar surface area (TPSA) is 114 Å². The Labute approximate surface area is 199 Å². The third-order valence-corrected chi connectivity index (χ3v) is 6.06. The standard InChI is InChI=1S/C25H19N3O5S/c29-24(22-7-4-16-33-22)26-19-10-14-21(15-11-19)34-23(17-5-2-1-3-6-17)25(30)27-18-8-12-20(13-9-18)28(31)32/h1-16,23H,(H,26,29)(H,27,30). The van der Waals surface area contributed by atoms with Crippen molar-refractivity contribution in [2.75, 3.05) is 10.6 Å². The Morgan fingerprint density at radius 3 is 2.09 bits per heavy atom. The van der Waals surface area contributed by atoms with E-state index in [2.05, 4.69) is 10.6 Å². The molecule has 0 saturated carbocycles. The van der Waals surface area contributed by atoms with Crippen LogP contribution < -0.4 is 10.6 Å². The highest BCUT2D eigenvalue weighted by Gasteiger charge is 2.22. The molecule has 2 N–H and O–H groups in total. The minimum atomic E-state index is -0.569. The van der Waals surface area contributed by atoms with Gasteiger partial charge in [-0.2, -0.15) is 0 Å². The first-order valence-corrected chi connectivity index (χ1v) is 11.1. The first-order valence-electron chi connectivity index (χ1n) is 10.2. The molecule has 0 aliphatic rings. The highest BCUT2D eigenvalue weighted by atomic mass is 32.2. The van der Waals surface area contributed by atoms with Crippen molar-refractivity contribution in [3.05, 3.63) is 119 Å². The minimum absolute atomic E-state index is 0.0498. The third-order valence-electron chi connectivity index (χ3n) is 4.80. The van der Waals surface area contributed by atoms with E-state index in [-0.39, 0.29) is 23.3 Å². The van der Waals surface area contributed by atoms with E-state index >= 15 is 0 Å². The summed E-state index contributed by atoms with van der Waals surface area (Å²) >= 11 is 1.35. The molecule has 0 bridgehead atoms. The number of amides is 2. The van der Waals surface area contributed by atoms with Gasteiger partial charge in [0.25, 0.3) is 11.6 Å². The summed E-state index contributed by atoms with van der Waals surface area (Å²) in [5, 5.41) is 15.9. The fraction of sp³-hybridized carbons (Fsp3) is 0.0400. The summed E-state index contributed by atoms with van der Waals surface area (Å²) in [6.07, 6.45) is 1.43. The number of nitro groups is 1. The number of nitro benzene ring substituents is 1. The predicted octanol–water partition coefficient (Wildman–Crippen LogP) is 5.91. The SMILES string of the molecule is O=C(Nc1ccc(SC(C(=O)Nc2ccc([N+](=O)[O-])cc2)c2ccccc2)cc1)c1ccco1. The molecule has 170 valence electrons. The Kier molecular flexibility index (Phi) is 7.04. The first-order chi connectivity index (χ1) is 16.5. The number of thioether (sulfide) groups is 1. The van der Waals surface area contributed by atoms with Gasteiger partial charge in [0.2, 0.25) is 5.91 Å². The molecule has 1 aromatic heterocycles. The number of anilines is 2. The maximum Gasteiger partial charge on any atom is 0.291 e. The molecular formula is C25H19N3O5S. The van der Waals surface area contributed by atoms with Crippen molar-refractivity contribution < 1.29 is 18.9 Å². The average Bonchev–Trinajstić information content (AvgIpc) is 3.40. The lowest BCUT2D eigenvalue weighted by Crippen LogP contribution is -2.19. The number of hydrogen-bond donors (Lipinski definition) is 2. The fourth-order valence-electron chi connectivity index (χ4n) is 3.13. The van der Waals surface area contributed by atoms with Crippen LogP contribution in [-0.4, -0.2) is 16.7 Å². The zero-order valence-corrected chi connectivity index (χ0v) is 18.5. The van der Waals surface area contributed by atoms with Crippen LogP contribution in [0.2, 0.25) is 0 Å². The van der Waals surface area contributed by atoms with Gasteiger partial charge in [-0.25, -0.2) is 0 Å². The molecule has 0 aliphatic heterocycles. The molecule has 0 aliphatic carbocycles. The maximum absolute atomic E-state index is 13.1. The quantitative estimate of drug-likeness (QED) is 0.187. The minimum Gasteiger partial charge on any atom is -0.459 e. The number of furan rings is 1. The van der Waals surface area contributed by atoms with Gasteiger partial charge in [-0.1, -0.05) is 30.3 Å². The van der Waals surface area contributed by atoms with E-state index in [0.717, 1.165) is 10.5 Å². The van der Waals surface area contributed by atoms with E-state index in [4.69, 9.17) is 4.42 Å². The van der Waals surface area contributed by atoms with E-state index in [1.807, 2.05) is 42.5 Å². The van der Waals surface area contributed by atoms with Crippen LogP contribution in [0.5, 0.6) is 0 Å². The molecule has 1 atom stereocenters. The lowest BCUT2D eigenvalue weighted by molar-refractivity contribution is -0.384. The highest BCUT2D eigenvalue weighted by Crippen LogP contribution is 2.36. The zero-order chi connectivity index (χ0) is 23.9. The molecule has 8 nitrogen and oxygen atoms in total. The molecule has 0 radical (unpaired) electrons. The smallest absolute Gasteiger partial charge is 0.291 e. The van der Waals surface area contributed by atoms with Crippen molar-refractivity contribution in [2.45, 2.75) is 10.1 Å². The van der Waals surface area contributed by atoms with Crippen molar-refractivity contribution >= 4 is 40.6 Å². The molecule has 4 aromatic rings. The molecule has 2 amide bonds. The van der Waals surface area contributed by atoms with Gasteiger partial charge >= 0.3 is 0 Å². The highest BCUT2D eigenvalue weighted by molar-refractivity contribution is 8.00. The van der Waals surface area contributed by atoms with Crippen molar-refractivity contribution in [3.63, 3.8) is 0 Å². The molecule has 9 heteroatoms. The summed E-state index contributed by atoms with van der Waals surface area (Å²) in [4.78, 5) is 36.5. The molecule has 34 heavy (non-hydrogen) atoms. The third kappa shape index (κ3) is 5.70. The van der Waals surface area contributed by atoms with E-state index < -0.39 is 10.2 Å². The van der Waals surface area contributed by atoms with Crippen LogP contribution in [0.15, 0.2) is 107 Å². The Balaban J connectivity index is 1.48. The fourth-order valence-corrected chi connectivity index (χ4v) is 4.15. The van der Waals surface area contributed by atoms with E-state index in [9.17, 15) is 19.7 Å². The number of non-ortho nitro benzene ring substituents is 1. The van der Waals surface area contributed by atoms with E-state index in [1.54, 1.807) is 24.3 Å². The lowest BCUT2D eigenvalue weighted by atomic mass is 10.1. The second-order valence-electron chi connectivity index (χ2n) is 7.16. The summed E-state index contributed by atoms with van der Waals surface area (Å²) in [6, 6.07) is 25.4. The number of rotatable bonds is 8. The number of nitrogens with zero attached hydrogens (tertiary/aromatic N) is 1. The van der Waals surface area contributed by atoms with Gasteiger partial charge in [0.1, 0.15) is 5.25 Å². The Hall–Kier alpha value is -4.37. The molecule has 1 heterocycles. The lowest BCUT2D eigenvalue weighted by Gasteiger charge is -2.17. The van der Waals surface area contributed by atoms with Gasteiger partial charge in [-0.3, -0.25) is 19.7 Å². The number of benzene rings is 3. The summed E-state index contributed by atoms with van der Waals surface area (Å²) < 4.78 is 5.09. The Morgan fingerprint density at radius 2 is 1.47 bits per heavy atom. The number of carbonyl (C=O) groups excluding carboxylic acids is 2. The van der Waals surface area contributed by atoms with Crippen molar-refractivity contribution in [3.8, 4) is 0 Å². The predicted molar refractivity (Wildman–Crippen MR) is 130 cm³/mol. The van der Waals surface area contributed by atoms with Gasteiger partial charge < -0.3 is 15.1 Å². The van der Waals surface area contributed by atoms with Crippen LogP contribution >= 0.6 is 11.8 Å². The molecule has 0 saturated heterocycles. The molecule has 3 aromatic carbocycles. The summed E-state index contributed by atoms with van der Waals surface area (Å²) in [6.45, 7) is 0. The number of hydrogen-bond acceptors (Lipinski definition) is 6. The normalized spacial score (nSPS) is 11.4. The summed E-state index contributed by atoms with van der Waals surface area (Å²) in [5.41, 5.74) is 1.82. The van der Waals surface area contributed by atoms with Crippen LogP contribution in [0.1, 0.15) is 21.4 Å². The summed E-state index contributed by atoms with van der Waals surface area (Å²) in [5.74, 6) is -0.402. The largest absolute Gasteiger partial charge is 0.459 e. The molecule has 4 rings (SSSR count). The van der Waals surface area contributed by atoms with Crippen molar-refractivity contribution in [1.29, 1.82) is 0 Å². The maximum atomic E-state index is 13.1. The van der Waals surface area contributed by atoms with E-state index in [0.29, 0.717) is 11.4 Å². The second-order valence-corrected chi connectivity index (χ2v) is 8.34. The van der Waals surface area contributed by atoms with E-state index in [1.165, 1.54) is 42.3 Å². The van der Waals surface area contributed by atoms with Gasteiger partial charge in [0, 0.05) is 28.4 Å².